The van der Waals surface area contributed by atoms with E-state index in [0.717, 1.165) is 29.7 Å². The maximum Gasteiger partial charge on any atom is 0.208 e. The second kappa shape index (κ2) is 6.54. The molecule has 30 heavy (non-hydrogen) atoms. The Labute approximate surface area is 175 Å². The topological polar surface area (TPSA) is 90.7 Å². The van der Waals surface area contributed by atoms with Crippen LogP contribution in [0.25, 0.3) is 11.0 Å². The van der Waals surface area contributed by atoms with E-state index in [2.05, 4.69) is 24.1 Å². The van der Waals surface area contributed by atoms with E-state index in [1.807, 2.05) is 6.07 Å². The zero-order chi connectivity index (χ0) is 21.1. The lowest BCUT2D eigenvalue weighted by Gasteiger charge is -2.40. The van der Waals surface area contributed by atoms with Gasteiger partial charge in [0.25, 0.3) is 0 Å². The first-order valence-corrected chi connectivity index (χ1v) is 11.4. The van der Waals surface area contributed by atoms with Crippen LogP contribution in [0.3, 0.4) is 0 Å². The number of fused-ring (bicyclic) bond motifs is 4. The number of rotatable bonds is 3. The highest BCUT2D eigenvalue weighted by molar-refractivity contribution is 7.91. The minimum atomic E-state index is -3.76. The van der Waals surface area contributed by atoms with Crippen LogP contribution in [-0.4, -0.2) is 40.3 Å². The van der Waals surface area contributed by atoms with E-state index in [1.54, 1.807) is 12.1 Å². The minimum Gasteiger partial charge on any atom is -0.495 e. The Morgan fingerprint density at radius 2 is 2.00 bits per heavy atom. The molecule has 1 atom stereocenters. The van der Waals surface area contributed by atoms with E-state index in [0.29, 0.717) is 24.5 Å². The number of methoxy groups -OCH3 is 1. The highest BCUT2D eigenvalue weighted by Gasteiger charge is 2.49. The Hall–Kier alpha value is -2.42. The van der Waals surface area contributed by atoms with E-state index in [-0.39, 0.29) is 20.7 Å². The average molecular weight is 429 g/mol. The lowest BCUT2D eigenvalue weighted by Crippen LogP contribution is -2.53. The van der Waals surface area contributed by atoms with Crippen LogP contribution in [0.5, 0.6) is 5.75 Å². The van der Waals surface area contributed by atoms with E-state index in [1.165, 1.54) is 25.6 Å². The Morgan fingerprint density at radius 3 is 2.73 bits per heavy atom. The van der Waals surface area contributed by atoms with Crippen molar-refractivity contribution in [2.45, 2.75) is 41.0 Å². The van der Waals surface area contributed by atoms with Gasteiger partial charge in [-0.2, -0.15) is 0 Å². The highest BCUT2D eigenvalue weighted by atomic mass is 32.2. The molecule has 0 radical (unpaired) electrons. The predicted octanol–water partition coefficient (Wildman–Crippen LogP) is 3.17. The minimum absolute atomic E-state index is 0.0835. The second-order valence-corrected chi connectivity index (χ2v) is 10.6. The van der Waals surface area contributed by atoms with Crippen molar-refractivity contribution >= 4 is 20.8 Å². The van der Waals surface area contributed by atoms with Crippen molar-refractivity contribution in [2.75, 3.05) is 26.9 Å². The summed E-state index contributed by atoms with van der Waals surface area (Å²) >= 11 is 0. The third-order valence-electron chi connectivity index (χ3n) is 6.21. The fourth-order valence-corrected chi connectivity index (χ4v) is 5.74. The number of ether oxygens (including phenoxy) is 2. The van der Waals surface area contributed by atoms with Gasteiger partial charge in [-0.25, -0.2) is 8.42 Å². The number of hydrogen-bond donors (Lipinski definition) is 1. The zero-order valence-electron chi connectivity index (χ0n) is 17.2. The van der Waals surface area contributed by atoms with Gasteiger partial charge in [-0.15, -0.1) is 0 Å². The van der Waals surface area contributed by atoms with Gasteiger partial charge in [0.2, 0.25) is 9.84 Å². The van der Waals surface area contributed by atoms with Crippen LogP contribution in [0, 0.1) is 0 Å². The van der Waals surface area contributed by atoms with Crippen molar-refractivity contribution in [3.8, 4) is 5.75 Å². The first-order valence-electron chi connectivity index (χ1n) is 9.91. The van der Waals surface area contributed by atoms with E-state index < -0.39 is 9.84 Å². The molecule has 1 saturated heterocycles. The molecular weight excluding hydrogens is 404 g/mol. The van der Waals surface area contributed by atoms with Gasteiger partial charge in [0, 0.05) is 47.8 Å². The molecule has 3 aromatic rings. The Kier molecular flexibility index (Phi) is 4.26. The first-order chi connectivity index (χ1) is 14.3. The number of benzene rings is 1. The molecular formula is C22H24N2O5S. The van der Waals surface area contributed by atoms with Crippen LogP contribution in [0.4, 0.5) is 0 Å². The highest BCUT2D eigenvalue weighted by Crippen LogP contribution is 2.47. The van der Waals surface area contributed by atoms with E-state index >= 15 is 0 Å². The number of hydrogen-bond acceptors (Lipinski definition) is 7. The van der Waals surface area contributed by atoms with Gasteiger partial charge in [-0.3, -0.25) is 4.98 Å². The van der Waals surface area contributed by atoms with Crippen molar-refractivity contribution in [1.82, 2.24) is 10.3 Å². The van der Waals surface area contributed by atoms with Crippen molar-refractivity contribution in [3.05, 3.63) is 48.0 Å². The molecule has 0 bridgehead atoms. The second-order valence-electron chi connectivity index (χ2n) is 8.65. The lowest BCUT2D eigenvalue weighted by molar-refractivity contribution is 0.144. The molecule has 1 N–H and O–H groups in total. The van der Waals surface area contributed by atoms with Crippen molar-refractivity contribution < 1.29 is 22.3 Å². The molecule has 2 aliphatic rings. The van der Waals surface area contributed by atoms with E-state index in [9.17, 15) is 8.42 Å². The first kappa shape index (κ1) is 19.5. The van der Waals surface area contributed by atoms with Gasteiger partial charge < -0.3 is 19.2 Å². The van der Waals surface area contributed by atoms with Gasteiger partial charge in [-0.05, 0) is 18.6 Å². The molecule has 7 nitrogen and oxygen atoms in total. The Balaban J connectivity index is 1.67. The summed E-state index contributed by atoms with van der Waals surface area (Å²) in [4.78, 5) is 4.23. The monoisotopic (exact) mass is 428 g/mol. The maximum absolute atomic E-state index is 13.2. The molecule has 4 heterocycles. The van der Waals surface area contributed by atoms with Gasteiger partial charge >= 0.3 is 0 Å². The summed E-state index contributed by atoms with van der Waals surface area (Å²) in [5.41, 5.74) is 1.21. The standard InChI is InChI=1S/C22H24N2O5S/c1-21(2)12-24-22(6-7-28-13-22)20-19(21)17-5-4-15(9-18(17)29-20)30(25,26)16-8-14(27-3)10-23-11-16/h4-5,8-11,24H,6-7,12-13H2,1-3H3. The van der Waals surface area contributed by atoms with Gasteiger partial charge in [0.15, 0.2) is 0 Å². The third-order valence-corrected chi connectivity index (χ3v) is 7.93. The fourth-order valence-electron chi connectivity index (χ4n) is 4.49. The van der Waals surface area contributed by atoms with Crippen LogP contribution in [-0.2, 0) is 25.5 Å². The number of furan rings is 1. The molecule has 8 heteroatoms. The molecule has 5 rings (SSSR count). The Bertz CT molecular complexity index is 1240. The van der Waals surface area contributed by atoms with Crippen LogP contribution >= 0.6 is 0 Å². The number of aromatic nitrogens is 1. The predicted molar refractivity (Wildman–Crippen MR) is 111 cm³/mol. The van der Waals surface area contributed by atoms with Crippen LogP contribution < -0.4 is 10.1 Å². The van der Waals surface area contributed by atoms with Crippen LogP contribution in [0.2, 0.25) is 0 Å². The number of pyridine rings is 1. The molecule has 1 aromatic carbocycles. The van der Waals surface area contributed by atoms with E-state index in [4.69, 9.17) is 13.9 Å². The average Bonchev–Trinajstić information content (AvgIpc) is 3.37. The summed E-state index contributed by atoms with van der Waals surface area (Å²) in [5.74, 6) is 1.26. The fraction of sp³-hybridized carbons (Fsp3) is 0.409. The molecule has 2 aliphatic heterocycles. The maximum atomic E-state index is 13.2. The smallest absolute Gasteiger partial charge is 0.208 e. The normalized spacial score (nSPS) is 23.0. The number of sulfone groups is 1. The van der Waals surface area contributed by atoms with Crippen molar-refractivity contribution in [2.24, 2.45) is 0 Å². The summed E-state index contributed by atoms with van der Waals surface area (Å²) in [6.45, 7) is 6.36. The van der Waals surface area contributed by atoms with Gasteiger partial charge in [0.1, 0.15) is 22.6 Å². The molecule has 158 valence electrons. The number of nitrogens with zero attached hydrogens (tertiary/aromatic N) is 1. The quantitative estimate of drug-likeness (QED) is 0.685. The third kappa shape index (κ3) is 2.78. The molecule has 0 amide bonds. The molecule has 0 aliphatic carbocycles. The van der Waals surface area contributed by atoms with Crippen molar-refractivity contribution in [3.63, 3.8) is 0 Å². The van der Waals surface area contributed by atoms with Gasteiger partial charge in [-0.1, -0.05) is 13.8 Å². The summed E-state index contributed by atoms with van der Waals surface area (Å²) in [6.07, 6.45) is 3.63. The molecule has 0 saturated carbocycles. The summed E-state index contributed by atoms with van der Waals surface area (Å²) < 4.78 is 43.5. The van der Waals surface area contributed by atoms with Crippen LogP contribution in [0.15, 0.2) is 50.9 Å². The summed E-state index contributed by atoms with van der Waals surface area (Å²) in [5, 5.41) is 4.58. The largest absolute Gasteiger partial charge is 0.495 e. The number of nitrogens with one attached hydrogen (secondary N) is 1. The SMILES string of the molecule is COc1cncc(S(=O)(=O)c2ccc3c4c(oc3c2)C2(CCOC2)NCC4(C)C)c1. The lowest BCUT2D eigenvalue weighted by atomic mass is 9.74. The van der Waals surface area contributed by atoms with Crippen molar-refractivity contribution in [1.29, 1.82) is 0 Å². The zero-order valence-corrected chi connectivity index (χ0v) is 18.0. The Morgan fingerprint density at radius 1 is 1.17 bits per heavy atom. The van der Waals surface area contributed by atoms with Gasteiger partial charge in [0.05, 0.1) is 29.7 Å². The van der Waals surface area contributed by atoms with Crippen LogP contribution in [0.1, 0.15) is 31.6 Å². The molecule has 1 spiro atoms. The molecule has 2 aromatic heterocycles. The molecule has 1 unspecified atom stereocenters. The molecule has 1 fully saturated rings. The summed E-state index contributed by atoms with van der Waals surface area (Å²) in [6, 6.07) is 6.58. The summed E-state index contributed by atoms with van der Waals surface area (Å²) in [7, 11) is -2.29.